The van der Waals surface area contributed by atoms with Crippen molar-refractivity contribution in [3.63, 3.8) is 0 Å². The van der Waals surface area contributed by atoms with Crippen LogP contribution in [0.5, 0.6) is 0 Å². The van der Waals surface area contributed by atoms with Crippen LogP contribution in [0, 0.1) is 5.92 Å². The Morgan fingerprint density at radius 3 is 2.65 bits per heavy atom. The van der Waals surface area contributed by atoms with Crippen molar-refractivity contribution in [1.29, 1.82) is 0 Å². The lowest BCUT2D eigenvalue weighted by Gasteiger charge is -2.23. The molecule has 1 aromatic carbocycles. The van der Waals surface area contributed by atoms with E-state index in [1.807, 2.05) is 42.5 Å². The highest BCUT2D eigenvalue weighted by atomic mass is 16.5. The van der Waals surface area contributed by atoms with Crippen LogP contribution in [-0.2, 0) is 9.53 Å². The molecule has 0 fully saturated rings. The molecule has 0 spiro atoms. The predicted octanol–water partition coefficient (Wildman–Crippen LogP) is 3.08. The van der Waals surface area contributed by atoms with E-state index in [-0.39, 0.29) is 17.8 Å². The monoisotopic (exact) mass is 228 g/mol. The molecule has 1 aromatic rings. The largest absolute Gasteiger partial charge is 0.469 e. The third-order valence-corrected chi connectivity index (χ3v) is 3.06. The number of methoxy groups -OCH3 is 1. The van der Waals surface area contributed by atoms with E-state index in [4.69, 9.17) is 4.74 Å². The SMILES string of the molecule is COC(=O)[C@@H](c1ccccc1)C1C=CC=CC1. The van der Waals surface area contributed by atoms with Crippen molar-refractivity contribution < 1.29 is 9.53 Å². The van der Waals surface area contributed by atoms with Gasteiger partial charge in [-0.25, -0.2) is 0 Å². The van der Waals surface area contributed by atoms with Crippen LogP contribution in [0.4, 0.5) is 0 Å². The number of allylic oxidation sites excluding steroid dienone is 4. The summed E-state index contributed by atoms with van der Waals surface area (Å²) in [6.45, 7) is 0. The first-order chi connectivity index (χ1) is 8.33. The second-order valence-electron chi connectivity index (χ2n) is 4.12. The van der Waals surface area contributed by atoms with Gasteiger partial charge in [-0.05, 0) is 17.9 Å². The summed E-state index contributed by atoms with van der Waals surface area (Å²) < 4.78 is 4.92. The van der Waals surface area contributed by atoms with E-state index in [1.165, 1.54) is 7.11 Å². The minimum absolute atomic E-state index is 0.166. The molecule has 0 saturated heterocycles. The van der Waals surface area contributed by atoms with Crippen LogP contribution in [0.3, 0.4) is 0 Å². The number of esters is 1. The molecule has 1 aliphatic carbocycles. The quantitative estimate of drug-likeness (QED) is 0.743. The van der Waals surface area contributed by atoms with Crippen LogP contribution in [0.25, 0.3) is 0 Å². The maximum absolute atomic E-state index is 11.9. The summed E-state index contributed by atoms with van der Waals surface area (Å²) in [5, 5.41) is 0. The predicted molar refractivity (Wildman–Crippen MR) is 67.6 cm³/mol. The molecule has 0 N–H and O–H groups in total. The highest BCUT2D eigenvalue weighted by Gasteiger charge is 2.28. The molecular weight excluding hydrogens is 212 g/mol. The van der Waals surface area contributed by atoms with Crippen LogP contribution in [0.1, 0.15) is 17.9 Å². The lowest BCUT2D eigenvalue weighted by Crippen LogP contribution is -2.22. The van der Waals surface area contributed by atoms with Crippen molar-refractivity contribution >= 4 is 5.97 Å². The van der Waals surface area contributed by atoms with Gasteiger partial charge in [-0.2, -0.15) is 0 Å². The molecule has 0 aliphatic heterocycles. The third kappa shape index (κ3) is 2.64. The Bertz CT molecular complexity index is 431. The molecule has 88 valence electrons. The zero-order valence-electron chi connectivity index (χ0n) is 9.87. The molecular formula is C15H16O2. The first-order valence-electron chi connectivity index (χ1n) is 5.79. The molecule has 2 atom stereocenters. The van der Waals surface area contributed by atoms with Gasteiger partial charge < -0.3 is 4.74 Å². The summed E-state index contributed by atoms with van der Waals surface area (Å²) in [5.41, 5.74) is 1.02. The van der Waals surface area contributed by atoms with Gasteiger partial charge in [-0.1, -0.05) is 54.6 Å². The van der Waals surface area contributed by atoms with E-state index in [0.29, 0.717) is 0 Å². The van der Waals surface area contributed by atoms with E-state index >= 15 is 0 Å². The number of carbonyl (C=O) groups is 1. The molecule has 0 radical (unpaired) electrons. The van der Waals surface area contributed by atoms with Gasteiger partial charge in [0, 0.05) is 0 Å². The minimum atomic E-state index is -0.206. The van der Waals surface area contributed by atoms with Gasteiger partial charge in [0.2, 0.25) is 0 Å². The normalized spacial score (nSPS) is 19.9. The zero-order chi connectivity index (χ0) is 12.1. The topological polar surface area (TPSA) is 26.3 Å². The van der Waals surface area contributed by atoms with Crippen LogP contribution in [0.2, 0.25) is 0 Å². The number of benzene rings is 1. The fourth-order valence-corrected chi connectivity index (χ4v) is 2.19. The van der Waals surface area contributed by atoms with Crippen LogP contribution in [-0.4, -0.2) is 13.1 Å². The zero-order valence-corrected chi connectivity index (χ0v) is 9.87. The maximum atomic E-state index is 11.9. The van der Waals surface area contributed by atoms with Crippen molar-refractivity contribution in [2.45, 2.75) is 12.3 Å². The average molecular weight is 228 g/mol. The van der Waals surface area contributed by atoms with Crippen LogP contribution in [0.15, 0.2) is 54.6 Å². The number of ether oxygens (including phenoxy) is 1. The summed E-state index contributed by atoms with van der Waals surface area (Å²) in [6.07, 6.45) is 9.05. The fourth-order valence-electron chi connectivity index (χ4n) is 2.19. The van der Waals surface area contributed by atoms with Gasteiger partial charge in [0.25, 0.3) is 0 Å². The highest BCUT2D eigenvalue weighted by Crippen LogP contribution is 2.31. The smallest absolute Gasteiger partial charge is 0.313 e. The van der Waals surface area contributed by atoms with Crippen molar-refractivity contribution in [3.8, 4) is 0 Å². The van der Waals surface area contributed by atoms with Crippen molar-refractivity contribution in [2.75, 3.05) is 7.11 Å². The lowest BCUT2D eigenvalue weighted by atomic mass is 9.82. The van der Waals surface area contributed by atoms with E-state index in [0.717, 1.165) is 12.0 Å². The van der Waals surface area contributed by atoms with Crippen LogP contribution >= 0.6 is 0 Å². The Morgan fingerprint density at radius 1 is 1.29 bits per heavy atom. The highest BCUT2D eigenvalue weighted by molar-refractivity contribution is 5.78. The van der Waals surface area contributed by atoms with E-state index in [9.17, 15) is 4.79 Å². The van der Waals surface area contributed by atoms with E-state index in [1.54, 1.807) is 0 Å². The van der Waals surface area contributed by atoms with Crippen molar-refractivity contribution in [1.82, 2.24) is 0 Å². The number of rotatable bonds is 3. The maximum Gasteiger partial charge on any atom is 0.313 e. The van der Waals surface area contributed by atoms with Crippen LogP contribution < -0.4 is 0 Å². The van der Waals surface area contributed by atoms with Gasteiger partial charge in [-0.3, -0.25) is 4.79 Å². The Hall–Kier alpha value is -1.83. The summed E-state index contributed by atoms with van der Waals surface area (Å²) >= 11 is 0. The second kappa shape index (κ2) is 5.48. The minimum Gasteiger partial charge on any atom is -0.469 e. The number of carbonyl (C=O) groups excluding carboxylic acids is 1. The molecule has 17 heavy (non-hydrogen) atoms. The number of hydrogen-bond acceptors (Lipinski definition) is 2. The summed E-state index contributed by atoms with van der Waals surface area (Å²) in [4.78, 5) is 11.9. The third-order valence-electron chi connectivity index (χ3n) is 3.06. The molecule has 2 heteroatoms. The number of hydrogen-bond donors (Lipinski definition) is 0. The van der Waals surface area contributed by atoms with Gasteiger partial charge in [0.1, 0.15) is 0 Å². The standard InChI is InChI=1S/C15H16O2/c1-17-15(16)14(12-8-4-2-5-9-12)13-10-6-3-7-11-13/h2-10,13-14H,11H2,1H3/t13?,14-/m0/s1. The Balaban J connectivity index is 2.28. The Labute approximate surface area is 102 Å². The van der Waals surface area contributed by atoms with Crippen molar-refractivity contribution in [3.05, 3.63) is 60.2 Å². The lowest BCUT2D eigenvalue weighted by molar-refractivity contribution is -0.143. The molecule has 2 nitrogen and oxygen atoms in total. The fraction of sp³-hybridized carbons (Fsp3) is 0.267. The van der Waals surface area contributed by atoms with E-state index < -0.39 is 0 Å². The molecule has 1 aliphatic rings. The van der Waals surface area contributed by atoms with Crippen molar-refractivity contribution in [2.24, 2.45) is 5.92 Å². The molecule has 1 unspecified atom stereocenters. The Morgan fingerprint density at radius 2 is 2.06 bits per heavy atom. The first kappa shape index (κ1) is 11.6. The molecule has 0 heterocycles. The Kier molecular flexibility index (Phi) is 3.76. The average Bonchev–Trinajstić information content (AvgIpc) is 2.41. The first-order valence-corrected chi connectivity index (χ1v) is 5.79. The molecule has 0 saturated carbocycles. The molecule has 0 bridgehead atoms. The molecule has 0 aromatic heterocycles. The van der Waals surface area contributed by atoms with Gasteiger partial charge >= 0.3 is 5.97 Å². The van der Waals surface area contributed by atoms with Gasteiger partial charge in [0.15, 0.2) is 0 Å². The van der Waals surface area contributed by atoms with E-state index in [2.05, 4.69) is 12.2 Å². The van der Waals surface area contributed by atoms with Gasteiger partial charge in [-0.15, -0.1) is 0 Å². The summed E-state index contributed by atoms with van der Waals surface area (Å²) in [5.74, 6) is -0.182. The second-order valence-corrected chi connectivity index (χ2v) is 4.12. The summed E-state index contributed by atoms with van der Waals surface area (Å²) in [6, 6.07) is 9.82. The molecule has 2 rings (SSSR count). The molecule has 0 amide bonds. The van der Waals surface area contributed by atoms with Gasteiger partial charge in [0.05, 0.1) is 13.0 Å². The summed E-state index contributed by atoms with van der Waals surface area (Å²) in [7, 11) is 1.45.